The highest BCUT2D eigenvalue weighted by Gasteiger charge is 2.22. The van der Waals surface area contributed by atoms with Gasteiger partial charge in [0.2, 0.25) is 5.91 Å². The molecule has 0 saturated heterocycles. The lowest BCUT2D eigenvalue weighted by Crippen LogP contribution is -2.30. The van der Waals surface area contributed by atoms with Gasteiger partial charge in [-0.25, -0.2) is 0 Å². The van der Waals surface area contributed by atoms with Crippen molar-refractivity contribution < 1.29 is 4.79 Å². The predicted molar refractivity (Wildman–Crippen MR) is 99.7 cm³/mol. The smallest absolute Gasteiger partial charge is 0.229 e. The Morgan fingerprint density at radius 1 is 1.13 bits per heavy atom. The van der Waals surface area contributed by atoms with Crippen molar-refractivity contribution in [1.29, 1.82) is 0 Å². The summed E-state index contributed by atoms with van der Waals surface area (Å²) in [5, 5.41) is 2.95. The molecular weight excluding hydrogens is 304 g/mol. The maximum Gasteiger partial charge on any atom is 0.229 e. The van der Waals surface area contributed by atoms with E-state index in [1.54, 1.807) is 0 Å². The predicted octanol–water partition coefficient (Wildman–Crippen LogP) is 3.87. The molecule has 0 fully saturated rings. The zero-order chi connectivity index (χ0) is 16.7. The third kappa shape index (κ3) is 5.12. The van der Waals surface area contributed by atoms with Crippen molar-refractivity contribution in [3.05, 3.63) is 65.7 Å². The van der Waals surface area contributed by atoms with Crippen LogP contribution < -0.4 is 11.1 Å². The normalized spacial score (nSPS) is 13.3. The van der Waals surface area contributed by atoms with Crippen LogP contribution in [0.25, 0.3) is 0 Å². The lowest BCUT2D eigenvalue weighted by atomic mass is 9.94. The first-order chi connectivity index (χ1) is 11.1. The van der Waals surface area contributed by atoms with Gasteiger partial charge >= 0.3 is 0 Å². The van der Waals surface area contributed by atoms with Crippen LogP contribution in [0.2, 0.25) is 0 Å². The molecule has 2 rings (SSSR count). The highest BCUT2D eigenvalue weighted by molar-refractivity contribution is 7.98. The monoisotopic (exact) mass is 328 g/mol. The van der Waals surface area contributed by atoms with Gasteiger partial charge in [0.25, 0.3) is 0 Å². The van der Waals surface area contributed by atoms with E-state index in [4.69, 9.17) is 5.73 Å². The Bertz CT molecular complexity index is 613. The molecule has 0 saturated carbocycles. The second-order valence-electron chi connectivity index (χ2n) is 5.65. The molecule has 0 spiro atoms. The third-order valence-electron chi connectivity index (χ3n) is 3.95. The quantitative estimate of drug-likeness (QED) is 0.811. The van der Waals surface area contributed by atoms with E-state index in [1.807, 2.05) is 61.2 Å². The van der Waals surface area contributed by atoms with Gasteiger partial charge in [0.15, 0.2) is 0 Å². The summed E-state index contributed by atoms with van der Waals surface area (Å²) >= 11 is 1.83. The first kappa shape index (κ1) is 17.6. The summed E-state index contributed by atoms with van der Waals surface area (Å²) in [6, 6.07) is 17.4. The third-order valence-corrected chi connectivity index (χ3v) is 4.57. The molecule has 0 bridgehead atoms. The zero-order valence-corrected chi connectivity index (χ0v) is 14.5. The molecule has 0 aliphatic carbocycles. The van der Waals surface area contributed by atoms with Gasteiger partial charge in [-0.15, -0.1) is 0 Å². The minimum atomic E-state index is -0.308. The molecule has 0 aromatic heterocycles. The van der Waals surface area contributed by atoms with Crippen LogP contribution >= 0.6 is 11.8 Å². The van der Waals surface area contributed by atoms with E-state index in [2.05, 4.69) is 23.7 Å². The van der Waals surface area contributed by atoms with Gasteiger partial charge in [0, 0.05) is 11.7 Å². The van der Waals surface area contributed by atoms with Crippen molar-refractivity contribution in [1.82, 2.24) is 0 Å². The van der Waals surface area contributed by atoms with Crippen molar-refractivity contribution in [2.24, 2.45) is 11.7 Å². The molecule has 3 N–H and O–H groups in total. The Balaban J connectivity index is 1.95. The number of nitrogens with two attached hydrogens (primary N) is 1. The topological polar surface area (TPSA) is 55.1 Å². The molecule has 3 nitrogen and oxygen atoms in total. The minimum absolute atomic E-state index is 0.0572. The lowest BCUT2D eigenvalue weighted by Gasteiger charge is -2.20. The summed E-state index contributed by atoms with van der Waals surface area (Å²) < 4.78 is 0. The van der Waals surface area contributed by atoms with Crippen LogP contribution in [-0.2, 0) is 11.2 Å². The first-order valence-electron chi connectivity index (χ1n) is 7.81. The van der Waals surface area contributed by atoms with Crippen LogP contribution in [0, 0.1) is 5.92 Å². The SMILES string of the molecule is CSCCc1ccc(NC(=O)C(C)C(N)c2ccccc2)cc1. The maximum atomic E-state index is 12.4. The van der Waals surface area contributed by atoms with E-state index in [-0.39, 0.29) is 17.9 Å². The molecule has 4 heteroatoms. The molecule has 2 aromatic rings. The Kier molecular flexibility index (Phi) is 6.68. The number of rotatable bonds is 7. The Hall–Kier alpha value is -1.78. The van der Waals surface area contributed by atoms with Crippen LogP contribution in [0.5, 0.6) is 0 Å². The van der Waals surface area contributed by atoms with Gasteiger partial charge in [-0.2, -0.15) is 11.8 Å². The standard InChI is InChI=1S/C19H24N2OS/c1-14(18(20)16-6-4-3-5-7-16)19(22)21-17-10-8-15(9-11-17)12-13-23-2/h3-11,14,18H,12-13,20H2,1-2H3,(H,21,22). The summed E-state index contributed by atoms with van der Waals surface area (Å²) in [6.07, 6.45) is 3.15. The average Bonchev–Trinajstić information content (AvgIpc) is 2.60. The highest BCUT2D eigenvalue weighted by Crippen LogP contribution is 2.21. The number of thioether (sulfide) groups is 1. The summed E-state index contributed by atoms with van der Waals surface area (Å²) in [6.45, 7) is 1.86. The Morgan fingerprint density at radius 3 is 2.39 bits per heavy atom. The number of carbonyl (C=O) groups excluding carboxylic acids is 1. The van der Waals surface area contributed by atoms with Gasteiger partial charge in [-0.05, 0) is 41.7 Å². The van der Waals surface area contributed by atoms with Crippen LogP contribution in [0.4, 0.5) is 5.69 Å². The Morgan fingerprint density at radius 2 is 1.78 bits per heavy atom. The van der Waals surface area contributed by atoms with Gasteiger partial charge < -0.3 is 11.1 Å². The molecule has 2 aromatic carbocycles. The number of benzene rings is 2. The fourth-order valence-corrected chi connectivity index (χ4v) is 2.80. The summed E-state index contributed by atoms with van der Waals surface area (Å²) in [5.41, 5.74) is 9.28. The molecule has 2 unspecified atom stereocenters. The molecule has 0 radical (unpaired) electrons. The zero-order valence-electron chi connectivity index (χ0n) is 13.7. The van der Waals surface area contributed by atoms with Crippen molar-refractivity contribution >= 4 is 23.4 Å². The van der Waals surface area contributed by atoms with Gasteiger partial charge in [0.05, 0.1) is 5.92 Å². The van der Waals surface area contributed by atoms with Crippen molar-refractivity contribution in [3.63, 3.8) is 0 Å². The molecule has 0 heterocycles. The molecule has 2 atom stereocenters. The lowest BCUT2D eigenvalue weighted by molar-refractivity contribution is -0.120. The number of hydrogen-bond acceptors (Lipinski definition) is 3. The number of nitrogens with one attached hydrogen (secondary N) is 1. The number of amides is 1. The number of carbonyl (C=O) groups is 1. The largest absolute Gasteiger partial charge is 0.326 e. The van der Waals surface area contributed by atoms with E-state index >= 15 is 0 Å². The summed E-state index contributed by atoms with van der Waals surface area (Å²) in [5.74, 6) is 0.751. The first-order valence-corrected chi connectivity index (χ1v) is 9.20. The average molecular weight is 328 g/mol. The van der Waals surface area contributed by atoms with Crippen molar-refractivity contribution in [3.8, 4) is 0 Å². The molecular formula is C19H24N2OS. The van der Waals surface area contributed by atoms with Crippen molar-refractivity contribution in [2.45, 2.75) is 19.4 Å². The number of hydrogen-bond donors (Lipinski definition) is 2. The van der Waals surface area contributed by atoms with E-state index < -0.39 is 0 Å². The second kappa shape index (κ2) is 8.75. The van der Waals surface area contributed by atoms with Gasteiger partial charge in [0.1, 0.15) is 0 Å². The molecule has 23 heavy (non-hydrogen) atoms. The maximum absolute atomic E-state index is 12.4. The van der Waals surface area contributed by atoms with E-state index in [0.29, 0.717) is 0 Å². The van der Waals surface area contributed by atoms with E-state index in [0.717, 1.165) is 23.4 Å². The Labute approximate surface area is 142 Å². The van der Waals surface area contributed by atoms with E-state index in [9.17, 15) is 4.79 Å². The molecule has 1 amide bonds. The molecule has 0 aliphatic heterocycles. The molecule has 0 aliphatic rings. The fraction of sp³-hybridized carbons (Fsp3) is 0.316. The van der Waals surface area contributed by atoms with Crippen LogP contribution in [-0.4, -0.2) is 17.9 Å². The highest BCUT2D eigenvalue weighted by atomic mass is 32.2. The minimum Gasteiger partial charge on any atom is -0.326 e. The summed E-state index contributed by atoms with van der Waals surface area (Å²) in [4.78, 5) is 12.4. The number of aryl methyl sites for hydroxylation is 1. The van der Waals surface area contributed by atoms with Crippen molar-refractivity contribution in [2.75, 3.05) is 17.3 Å². The second-order valence-corrected chi connectivity index (χ2v) is 6.64. The van der Waals surface area contributed by atoms with Gasteiger partial charge in [-0.1, -0.05) is 49.4 Å². The van der Waals surface area contributed by atoms with Crippen LogP contribution in [0.3, 0.4) is 0 Å². The fourth-order valence-electron chi connectivity index (χ4n) is 2.36. The van der Waals surface area contributed by atoms with Gasteiger partial charge in [-0.3, -0.25) is 4.79 Å². The van der Waals surface area contributed by atoms with Crippen LogP contribution in [0.15, 0.2) is 54.6 Å². The summed E-state index contributed by atoms with van der Waals surface area (Å²) in [7, 11) is 0. The molecule has 122 valence electrons. The van der Waals surface area contributed by atoms with E-state index in [1.165, 1.54) is 5.56 Å². The number of anilines is 1. The van der Waals surface area contributed by atoms with Crippen LogP contribution in [0.1, 0.15) is 24.1 Å².